The van der Waals surface area contributed by atoms with Crippen LogP contribution >= 0.6 is 0 Å². The molecule has 0 atom stereocenters. The molecule has 0 aromatic heterocycles. The molecule has 0 aliphatic heterocycles. The van der Waals surface area contributed by atoms with Crippen molar-refractivity contribution in [2.75, 3.05) is 13.2 Å². The van der Waals surface area contributed by atoms with E-state index in [1.807, 2.05) is 25.1 Å². The van der Waals surface area contributed by atoms with Gasteiger partial charge in [-0.3, -0.25) is 4.79 Å². The molecule has 1 aromatic carbocycles. The molecule has 3 heteroatoms. The molecule has 0 heterocycles. The van der Waals surface area contributed by atoms with Crippen molar-refractivity contribution in [1.82, 2.24) is 0 Å². The van der Waals surface area contributed by atoms with Crippen LogP contribution in [0, 0.1) is 0 Å². The largest absolute Gasteiger partial charge is 0.461 e. The number of benzene rings is 1. The molecule has 0 radical (unpaired) electrons. The molecular weight excluding hydrogens is 276 g/mol. The fraction of sp³-hybridized carbons (Fsp3) is 0.421. The number of ether oxygens (including phenoxy) is 2. The van der Waals surface area contributed by atoms with Crippen LogP contribution in [-0.4, -0.2) is 19.2 Å². The lowest BCUT2D eigenvalue weighted by Gasteiger charge is -2.04. The third kappa shape index (κ3) is 9.14. The van der Waals surface area contributed by atoms with Crippen LogP contribution in [0.4, 0.5) is 0 Å². The van der Waals surface area contributed by atoms with Crippen molar-refractivity contribution in [3.63, 3.8) is 0 Å². The van der Waals surface area contributed by atoms with Crippen LogP contribution in [0.2, 0.25) is 0 Å². The zero-order chi connectivity index (χ0) is 16.2. The number of allylic oxidation sites excluding steroid dienone is 2. The van der Waals surface area contributed by atoms with Gasteiger partial charge in [-0.1, -0.05) is 48.1 Å². The second kappa shape index (κ2) is 10.8. The van der Waals surface area contributed by atoms with Gasteiger partial charge >= 0.3 is 5.97 Å². The van der Waals surface area contributed by atoms with Crippen molar-refractivity contribution >= 4 is 5.97 Å². The van der Waals surface area contributed by atoms with Gasteiger partial charge < -0.3 is 9.47 Å². The number of hydrogen-bond acceptors (Lipinski definition) is 3. The van der Waals surface area contributed by atoms with E-state index in [9.17, 15) is 4.79 Å². The molecule has 0 spiro atoms. The minimum absolute atomic E-state index is 0.237. The fourth-order valence-corrected chi connectivity index (χ4v) is 1.87. The summed E-state index contributed by atoms with van der Waals surface area (Å²) in [6.07, 6.45) is 6.18. The highest BCUT2D eigenvalue weighted by atomic mass is 16.5. The summed E-state index contributed by atoms with van der Waals surface area (Å²) in [5.74, 6) is -0.237. The summed E-state index contributed by atoms with van der Waals surface area (Å²) >= 11 is 0. The Kier molecular flexibility index (Phi) is 8.92. The van der Waals surface area contributed by atoms with Gasteiger partial charge in [-0.25, -0.2) is 0 Å². The summed E-state index contributed by atoms with van der Waals surface area (Å²) in [6.45, 7) is 7.18. The Balaban J connectivity index is 2.17. The lowest BCUT2D eigenvalue weighted by molar-refractivity contribution is -0.139. The first kappa shape index (κ1) is 18.2. The predicted octanol–water partition coefficient (Wildman–Crippen LogP) is 4.44. The lowest BCUT2D eigenvalue weighted by atomic mass is 10.1. The Morgan fingerprint density at radius 2 is 1.77 bits per heavy atom. The summed E-state index contributed by atoms with van der Waals surface area (Å²) in [6, 6.07) is 10.2. The molecular formula is C19H26O3. The van der Waals surface area contributed by atoms with Gasteiger partial charge in [0.15, 0.2) is 0 Å². The van der Waals surface area contributed by atoms with E-state index in [1.165, 1.54) is 18.1 Å². The normalized spacial score (nSPS) is 12.3. The third-order valence-electron chi connectivity index (χ3n) is 3.20. The number of carbonyl (C=O) groups is 1. The van der Waals surface area contributed by atoms with Gasteiger partial charge in [0.1, 0.15) is 6.61 Å². The quantitative estimate of drug-likeness (QED) is 0.384. The molecule has 0 bridgehead atoms. The van der Waals surface area contributed by atoms with Crippen LogP contribution in [0.1, 0.15) is 39.2 Å². The van der Waals surface area contributed by atoms with Crippen LogP contribution in [0.5, 0.6) is 0 Å². The Bertz CT molecular complexity index is 501. The van der Waals surface area contributed by atoms with Gasteiger partial charge in [-0.05, 0) is 37.8 Å². The van der Waals surface area contributed by atoms with Gasteiger partial charge in [0.25, 0.3) is 0 Å². The van der Waals surface area contributed by atoms with Crippen LogP contribution in [-0.2, 0) is 20.9 Å². The van der Waals surface area contributed by atoms with Crippen molar-refractivity contribution in [1.29, 1.82) is 0 Å². The zero-order valence-corrected chi connectivity index (χ0v) is 13.8. The van der Waals surface area contributed by atoms with Crippen LogP contribution < -0.4 is 0 Å². The zero-order valence-electron chi connectivity index (χ0n) is 13.8. The lowest BCUT2D eigenvalue weighted by Crippen LogP contribution is -2.01. The Hall–Kier alpha value is -1.87. The van der Waals surface area contributed by atoms with Gasteiger partial charge in [-0.15, -0.1) is 0 Å². The van der Waals surface area contributed by atoms with Gasteiger partial charge in [-0.2, -0.15) is 0 Å². The van der Waals surface area contributed by atoms with Crippen molar-refractivity contribution in [2.24, 2.45) is 0 Å². The number of hydrogen-bond donors (Lipinski definition) is 0. The number of rotatable bonds is 9. The molecule has 1 rings (SSSR count). The fourth-order valence-electron chi connectivity index (χ4n) is 1.87. The smallest absolute Gasteiger partial charge is 0.302 e. The summed E-state index contributed by atoms with van der Waals surface area (Å²) in [7, 11) is 0. The molecule has 0 N–H and O–H groups in total. The highest BCUT2D eigenvalue weighted by Crippen LogP contribution is 2.08. The first-order valence-corrected chi connectivity index (χ1v) is 7.64. The second-order valence-electron chi connectivity index (χ2n) is 5.42. The summed E-state index contributed by atoms with van der Waals surface area (Å²) < 4.78 is 10.6. The molecule has 0 aliphatic carbocycles. The van der Waals surface area contributed by atoms with Crippen LogP contribution in [0.25, 0.3) is 0 Å². The maximum Gasteiger partial charge on any atom is 0.302 e. The molecule has 0 unspecified atom stereocenters. The summed E-state index contributed by atoms with van der Waals surface area (Å²) in [5.41, 5.74) is 3.59. The van der Waals surface area contributed by atoms with Gasteiger partial charge in [0.05, 0.1) is 13.2 Å². The molecule has 0 fully saturated rings. The molecule has 0 saturated heterocycles. The van der Waals surface area contributed by atoms with Gasteiger partial charge in [0, 0.05) is 6.92 Å². The van der Waals surface area contributed by atoms with Gasteiger partial charge in [0.2, 0.25) is 0 Å². The van der Waals surface area contributed by atoms with Crippen molar-refractivity contribution in [3.8, 4) is 0 Å². The topological polar surface area (TPSA) is 35.5 Å². The van der Waals surface area contributed by atoms with E-state index in [0.717, 1.165) is 18.4 Å². The minimum Gasteiger partial charge on any atom is -0.461 e. The molecule has 120 valence electrons. The molecule has 0 amide bonds. The number of carbonyl (C=O) groups excluding carboxylic acids is 1. The third-order valence-corrected chi connectivity index (χ3v) is 3.20. The highest BCUT2D eigenvalue weighted by Gasteiger charge is 1.95. The molecule has 0 aliphatic rings. The van der Waals surface area contributed by atoms with Crippen LogP contribution in [0.15, 0.2) is 53.6 Å². The van der Waals surface area contributed by atoms with E-state index < -0.39 is 0 Å². The van der Waals surface area contributed by atoms with Crippen molar-refractivity contribution in [3.05, 3.63) is 59.2 Å². The van der Waals surface area contributed by atoms with E-state index in [4.69, 9.17) is 9.47 Å². The van der Waals surface area contributed by atoms with E-state index in [-0.39, 0.29) is 5.97 Å². The van der Waals surface area contributed by atoms with Crippen molar-refractivity contribution in [2.45, 2.75) is 40.2 Å². The monoisotopic (exact) mass is 302 g/mol. The molecule has 3 nitrogen and oxygen atoms in total. The average molecular weight is 302 g/mol. The highest BCUT2D eigenvalue weighted by molar-refractivity contribution is 5.66. The average Bonchev–Trinajstić information content (AvgIpc) is 2.50. The number of esters is 1. The SMILES string of the molecule is CC(=O)OCC(C)=CCCC(C)=CCOCc1ccccc1. The Morgan fingerprint density at radius 1 is 1.05 bits per heavy atom. The standard InChI is InChI=1S/C19H26O3/c1-16(8-7-9-17(2)14-22-18(3)20)12-13-21-15-19-10-5-4-6-11-19/h4-6,9-12H,7-8,13-15H2,1-3H3. The summed E-state index contributed by atoms with van der Waals surface area (Å²) in [4.78, 5) is 10.7. The first-order chi connectivity index (χ1) is 10.6. The Labute approximate surface area is 133 Å². The van der Waals surface area contributed by atoms with E-state index in [2.05, 4.69) is 31.2 Å². The minimum atomic E-state index is -0.237. The molecule has 22 heavy (non-hydrogen) atoms. The Morgan fingerprint density at radius 3 is 2.45 bits per heavy atom. The van der Waals surface area contributed by atoms with Crippen molar-refractivity contribution < 1.29 is 14.3 Å². The maximum atomic E-state index is 10.7. The maximum absolute atomic E-state index is 10.7. The second-order valence-corrected chi connectivity index (χ2v) is 5.42. The molecule has 1 aromatic rings. The predicted molar refractivity (Wildman–Crippen MR) is 89.5 cm³/mol. The first-order valence-electron chi connectivity index (χ1n) is 7.64. The van der Waals surface area contributed by atoms with Crippen LogP contribution in [0.3, 0.4) is 0 Å². The molecule has 0 saturated carbocycles. The van der Waals surface area contributed by atoms with E-state index >= 15 is 0 Å². The van der Waals surface area contributed by atoms with E-state index in [0.29, 0.717) is 19.8 Å². The summed E-state index contributed by atoms with van der Waals surface area (Å²) in [5, 5.41) is 0. The van der Waals surface area contributed by atoms with E-state index in [1.54, 1.807) is 0 Å².